The fraction of sp³-hybridized carbons (Fsp3) is 0.211. The van der Waals surface area contributed by atoms with Gasteiger partial charge in [-0.25, -0.2) is 4.79 Å². The van der Waals surface area contributed by atoms with Gasteiger partial charge in [-0.3, -0.25) is 9.59 Å². The molecule has 0 aliphatic heterocycles. The molecule has 2 aromatic rings. The highest BCUT2D eigenvalue weighted by Crippen LogP contribution is 2.23. The maximum atomic E-state index is 12.1. The van der Waals surface area contributed by atoms with Gasteiger partial charge < -0.3 is 21.3 Å². The Bertz CT molecular complexity index is 837. The fourth-order valence-corrected chi connectivity index (χ4v) is 2.39. The summed E-state index contributed by atoms with van der Waals surface area (Å²) in [6, 6.07) is 11.9. The molecule has 4 amide bonds. The molecule has 8 heteroatoms. The Kier molecular flexibility index (Phi) is 7.19. The largest absolute Gasteiger partial charge is 0.334 e. The highest BCUT2D eigenvalue weighted by atomic mass is 35.5. The van der Waals surface area contributed by atoms with Crippen LogP contribution in [0.4, 0.5) is 16.2 Å². The topological polar surface area (TPSA) is 99.3 Å². The van der Waals surface area contributed by atoms with Crippen molar-refractivity contribution in [3.8, 4) is 0 Å². The van der Waals surface area contributed by atoms with Gasteiger partial charge in [-0.15, -0.1) is 0 Å². The van der Waals surface area contributed by atoms with Crippen molar-refractivity contribution in [2.24, 2.45) is 0 Å². The Morgan fingerprint density at radius 3 is 2.30 bits per heavy atom. The second-order valence-electron chi connectivity index (χ2n) is 5.94. The second kappa shape index (κ2) is 9.59. The number of halogens is 1. The van der Waals surface area contributed by atoms with Gasteiger partial charge in [0.2, 0.25) is 11.8 Å². The lowest BCUT2D eigenvalue weighted by Crippen LogP contribution is -2.39. The molecule has 0 saturated heterocycles. The SMILES string of the molecule is CC(=O)Nc1ccc(C)cc1NC(=O)CNC(=O)NCc1ccc(Cl)cc1. The number of benzene rings is 2. The van der Waals surface area contributed by atoms with Crippen molar-refractivity contribution in [3.05, 3.63) is 58.6 Å². The van der Waals surface area contributed by atoms with Gasteiger partial charge in [0.05, 0.1) is 17.9 Å². The van der Waals surface area contributed by atoms with Crippen molar-refractivity contribution in [1.82, 2.24) is 10.6 Å². The summed E-state index contributed by atoms with van der Waals surface area (Å²) in [6.07, 6.45) is 0. The van der Waals surface area contributed by atoms with Crippen LogP contribution >= 0.6 is 11.6 Å². The number of urea groups is 1. The molecule has 27 heavy (non-hydrogen) atoms. The molecule has 0 aliphatic rings. The summed E-state index contributed by atoms with van der Waals surface area (Å²) in [5.74, 6) is -0.650. The first-order chi connectivity index (χ1) is 12.8. The summed E-state index contributed by atoms with van der Waals surface area (Å²) in [6.45, 7) is 3.36. The molecule has 0 bridgehead atoms. The number of carbonyl (C=O) groups excluding carboxylic acids is 3. The van der Waals surface area contributed by atoms with E-state index in [0.717, 1.165) is 11.1 Å². The standard InChI is InChI=1S/C19H21ClN4O3/c1-12-3-8-16(23-13(2)25)17(9-12)24-18(26)11-22-19(27)21-10-14-4-6-15(20)7-5-14/h3-9H,10-11H2,1-2H3,(H,23,25)(H,24,26)(H2,21,22,27). The predicted octanol–water partition coefficient (Wildman–Crippen LogP) is 3.04. The maximum Gasteiger partial charge on any atom is 0.315 e. The molecule has 0 saturated carbocycles. The number of carbonyl (C=O) groups is 3. The molecule has 0 fully saturated rings. The van der Waals surface area contributed by atoms with Gasteiger partial charge in [0.25, 0.3) is 0 Å². The van der Waals surface area contributed by atoms with Crippen LogP contribution in [0.25, 0.3) is 0 Å². The molecular weight excluding hydrogens is 368 g/mol. The molecule has 0 aliphatic carbocycles. The van der Waals surface area contributed by atoms with E-state index in [-0.39, 0.29) is 12.5 Å². The summed E-state index contributed by atoms with van der Waals surface area (Å²) in [4.78, 5) is 35.2. The molecule has 0 spiro atoms. The molecule has 142 valence electrons. The van der Waals surface area contributed by atoms with Crippen LogP contribution in [0.3, 0.4) is 0 Å². The Hall–Kier alpha value is -3.06. The van der Waals surface area contributed by atoms with Gasteiger partial charge in [-0.05, 0) is 42.3 Å². The average molecular weight is 389 g/mol. The zero-order valence-corrected chi connectivity index (χ0v) is 15.8. The van der Waals surface area contributed by atoms with Crippen LogP contribution in [0.15, 0.2) is 42.5 Å². The van der Waals surface area contributed by atoms with E-state index in [4.69, 9.17) is 11.6 Å². The van der Waals surface area contributed by atoms with Crippen molar-refractivity contribution < 1.29 is 14.4 Å². The van der Waals surface area contributed by atoms with E-state index in [2.05, 4.69) is 21.3 Å². The lowest BCUT2D eigenvalue weighted by Gasteiger charge is -2.13. The van der Waals surface area contributed by atoms with Crippen molar-refractivity contribution in [3.63, 3.8) is 0 Å². The molecule has 0 unspecified atom stereocenters. The van der Waals surface area contributed by atoms with Gasteiger partial charge in [-0.2, -0.15) is 0 Å². The van der Waals surface area contributed by atoms with E-state index in [0.29, 0.717) is 22.9 Å². The minimum Gasteiger partial charge on any atom is -0.334 e. The molecule has 2 rings (SSSR count). The zero-order valence-electron chi connectivity index (χ0n) is 15.1. The van der Waals surface area contributed by atoms with Gasteiger partial charge in [0, 0.05) is 18.5 Å². The van der Waals surface area contributed by atoms with Gasteiger partial charge in [0.15, 0.2) is 0 Å². The quantitative estimate of drug-likeness (QED) is 0.612. The molecule has 0 atom stereocenters. The van der Waals surface area contributed by atoms with Gasteiger partial charge >= 0.3 is 6.03 Å². The maximum absolute atomic E-state index is 12.1. The minimum atomic E-state index is -0.466. The van der Waals surface area contributed by atoms with Crippen LogP contribution in [0.5, 0.6) is 0 Å². The first kappa shape index (κ1) is 20.3. The summed E-state index contributed by atoms with van der Waals surface area (Å²) in [5, 5.41) is 11.1. The molecule has 4 N–H and O–H groups in total. The van der Waals surface area contributed by atoms with Crippen molar-refractivity contribution >= 4 is 40.8 Å². The van der Waals surface area contributed by atoms with E-state index in [1.807, 2.05) is 13.0 Å². The highest BCUT2D eigenvalue weighted by Gasteiger charge is 2.10. The molecule has 0 heterocycles. The second-order valence-corrected chi connectivity index (χ2v) is 6.38. The van der Waals surface area contributed by atoms with E-state index in [1.165, 1.54) is 6.92 Å². The number of amides is 4. The molecule has 7 nitrogen and oxygen atoms in total. The molecular formula is C19H21ClN4O3. The third-order valence-electron chi connectivity index (χ3n) is 3.54. The number of rotatable bonds is 6. The highest BCUT2D eigenvalue weighted by molar-refractivity contribution is 6.30. The molecule has 2 aromatic carbocycles. The van der Waals surface area contributed by atoms with E-state index in [9.17, 15) is 14.4 Å². The summed E-state index contributed by atoms with van der Waals surface area (Å²) < 4.78 is 0. The Labute approximate surface area is 162 Å². The molecule has 0 aromatic heterocycles. The Morgan fingerprint density at radius 1 is 0.926 bits per heavy atom. The van der Waals surface area contributed by atoms with Crippen LogP contribution in [-0.4, -0.2) is 24.4 Å². The third-order valence-corrected chi connectivity index (χ3v) is 3.79. The minimum absolute atomic E-state index is 0.208. The van der Waals surface area contributed by atoms with Crippen LogP contribution in [0.1, 0.15) is 18.1 Å². The van der Waals surface area contributed by atoms with E-state index >= 15 is 0 Å². The average Bonchev–Trinajstić information content (AvgIpc) is 2.61. The van der Waals surface area contributed by atoms with Crippen molar-refractivity contribution in [1.29, 1.82) is 0 Å². The Balaban J connectivity index is 1.83. The lowest BCUT2D eigenvalue weighted by molar-refractivity contribution is -0.115. The molecule has 0 radical (unpaired) electrons. The first-order valence-corrected chi connectivity index (χ1v) is 8.65. The zero-order chi connectivity index (χ0) is 19.8. The summed E-state index contributed by atoms with van der Waals surface area (Å²) >= 11 is 5.81. The number of anilines is 2. The van der Waals surface area contributed by atoms with Crippen LogP contribution < -0.4 is 21.3 Å². The number of hydrogen-bond donors (Lipinski definition) is 4. The lowest BCUT2D eigenvalue weighted by atomic mass is 10.2. The fourth-order valence-electron chi connectivity index (χ4n) is 2.26. The van der Waals surface area contributed by atoms with Crippen LogP contribution in [-0.2, 0) is 16.1 Å². The van der Waals surface area contributed by atoms with Crippen molar-refractivity contribution in [2.45, 2.75) is 20.4 Å². The summed E-state index contributed by atoms with van der Waals surface area (Å²) in [5.41, 5.74) is 2.78. The predicted molar refractivity (Wildman–Crippen MR) is 106 cm³/mol. The number of aryl methyl sites for hydroxylation is 1. The van der Waals surface area contributed by atoms with Gasteiger partial charge in [0.1, 0.15) is 0 Å². The van der Waals surface area contributed by atoms with Crippen LogP contribution in [0.2, 0.25) is 5.02 Å². The first-order valence-electron chi connectivity index (χ1n) is 8.27. The van der Waals surface area contributed by atoms with Crippen LogP contribution in [0, 0.1) is 6.92 Å². The van der Waals surface area contributed by atoms with E-state index in [1.54, 1.807) is 36.4 Å². The van der Waals surface area contributed by atoms with Gasteiger partial charge in [-0.1, -0.05) is 29.8 Å². The monoisotopic (exact) mass is 388 g/mol. The Morgan fingerprint density at radius 2 is 1.63 bits per heavy atom. The smallest absolute Gasteiger partial charge is 0.315 e. The summed E-state index contributed by atoms with van der Waals surface area (Å²) in [7, 11) is 0. The van der Waals surface area contributed by atoms with E-state index < -0.39 is 11.9 Å². The normalized spacial score (nSPS) is 10.0. The van der Waals surface area contributed by atoms with Crippen molar-refractivity contribution in [2.75, 3.05) is 17.2 Å². The third kappa shape index (κ3) is 6.99. The number of hydrogen-bond acceptors (Lipinski definition) is 3. The number of nitrogens with one attached hydrogen (secondary N) is 4.